The topological polar surface area (TPSA) is 50.3 Å². The smallest absolute Gasteiger partial charge is 0.181 e. The number of sulfone groups is 1. The molecule has 3 aliphatic carbocycles. The zero-order valence-electron chi connectivity index (χ0n) is 12.9. The van der Waals surface area contributed by atoms with E-state index in [4.69, 9.17) is 0 Å². The fourth-order valence-electron chi connectivity index (χ4n) is 4.53. The van der Waals surface area contributed by atoms with Gasteiger partial charge >= 0.3 is 0 Å². The number of allylic oxidation sites excluding steroid dienone is 2. The predicted octanol–water partition coefficient (Wildman–Crippen LogP) is 2.52. The molecule has 4 nitrogen and oxygen atoms in total. The van der Waals surface area contributed by atoms with Crippen LogP contribution < -0.4 is 4.90 Å². The van der Waals surface area contributed by atoms with E-state index in [0.29, 0.717) is 34.4 Å². The summed E-state index contributed by atoms with van der Waals surface area (Å²) < 4.78 is 24.7. The summed E-state index contributed by atoms with van der Waals surface area (Å²) in [7, 11) is -3.23. The molecule has 1 saturated heterocycles. The minimum atomic E-state index is -3.23. The number of nitrogens with zero attached hydrogens (tertiary/aromatic N) is 2. The van der Waals surface area contributed by atoms with Crippen LogP contribution in [0.2, 0.25) is 0 Å². The Labute approximate surface area is 132 Å². The molecule has 4 atom stereocenters. The zero-order valence-corrected chi connectivity index (χ0v) is 13.7. The maximum Gasteiger partial charge on any atom is 0.181 e. The van der Waals surface area contributed by atoms with Crippen LogP contribution in [0.1, 0.15) is 19.8 Å². The number of hydrogen-bond acceptors (Lipinski definition) is 4. The first-order valence-corrected chi connectivity index (χ1v) is 9.86. The first kappa shape index (κ1) is 14.2. The van der Waals surface area contributed by atoms with Crippen LogP contribution in [0.15, 0.2) is 35.4 Å². The molecule has 0 N–H and O–H groups in total. The summed E-state index contributed by atoms with van der Waals surface area (Å²) >= 11 is 0. The van der Waals surface area contributed by atoms with Gasteiger partial charge in [-0.15, -0.1) is 0 Å². The van der Waals surface area contributed by atoms with Crippen LogP contribution >= 0.6 is 0 Å². The minimum Gasteiger partial charge on any atom is -0.355 e. The molecule has 0 radical (unpaired) electrons. The average molecular weight is 318 g/mol. The lowest BCUT2D eigenvalue weighted by Gasteiger charge is -2.40. The SMILES string of the molecule is CCS(=O)(=O)c1cccnc1N1C[C@@H]2[C@H](C1)[C@H]1C=C[C@@H]2CC1. The number of anilines is 1. The summed E-state index contributed by atoms with van der Waals surface area (Å²) in [5.74, 6) is 3.48. The van der Waals surface area contributed by atoms with Gasteiger partial charge in [0.05, 0.1) is 5.75 Å². The molecule has 2 fully saturated rings. The van der Waals surface area contributed by atoms with Crippen LogP contribution in [0.25, 0.3) is 0 Å². The molecular weight excluding hydrogens is 296 g/mol. The number of pyridine rings is 1. The molecule has 5 rings (SSSR count). The van der Waals surface area contributed by atoms with Gasteiger partial charge in [0.15, 0.2) is 9.84 Å². The maximum absolute atomic E-state index is 12.4. The van der Waals surface area contributed by atoms with Crippen LogP contribution in [-0.4, -0.2) is 32.2 Å². The number of rotatable bonds is 3. The van der Waals surface area contributed by atoms with Crippen LogP contribution in [0, 0.1) is 23.7 Å². The Morgan fingerprint density at radius 2 is 1.82 bits per heavy atom. The second kappa shape index (κ2) is 5.08. The molecule has 2 bridgehead atoms. The summed E-state index contributed by atoms with van der Waals surface area (Å²) in [5, 5.41) is 0. The molecule has 22 heavy (non-hydrogen) atoms. The van der Waals surface area contributed by atoms with Gasteiger partial charge in [-0.3, -0.25) is 0 Å². The summed E-state index contributed by atoms with van der Waals surface area (Å²) in [6.45, 7) is 3.58. The van der Waals surface area contributed by atoms with Crippen molar-refractivity contribution >= 4 is 15.7 Å². The first-order chi connectivity index (χ1) is 10.6. The van der Waals surface area contributed by atoms with Crippen molar-refractivity contribution in [1.29, 1.82) is 0 Å². The molecule has 5 heteroatoms. The molecule has 0 unspecified atom stereocenters. The van der Waals surface area contributed by atoms with Crippen molar-refractivity contribution in [1.82, 2.24) is 4.98 Å². The Balaban J connectivity index is 1.68. The summed E-state index contributed by atoms with van der Waals surface area (Å²) in [6, 6.07) is 3.43. The van der Waals surface area contributed by atoms with Crippen molar-refractivity contribution in [3.63, 3.8) is 0 Å². The molecular formula is C17H22N2O2S. The highest BCUT2D eigenvalue weighted by Crippen LogP contribution is 2.49. The summed E-state index contributed by atoms with van der Waals surface area (Å²) in [4.78, 5) is 7.05. The van der Waals surface area contributed by atoms with E-state index in [2.05, 4.69) is 22.0 Å². The number of hydrogen-bond donors (Lipinski definition) is 0. The van der Waals surface area contributed by atoms with Gasteiger partial charge in [-0.1, -0.05) is 19.1 Å². The van der Waals surface area contributed by atoms with Gasteiger partial charge in [0.25, 0.3) is 0 Å². The van der Waals surface area contributed by atoms with Crippen molar-refractivity contribution in [2.24, 2.45) is 23.7 Å². The van der Waals surface area contributed by atoms with Gasteiger partial charge in [0.1, 0.15) is 10.7 Å². The van der Waals surface area contributed by atoms with Crippen LogP contribution in [0.3, 0.4) is 0 Å². The van der Waals surface area contributed by atoms with Gasteiger partial charge in [-0.05, 0) is 48.6 Å². The van der Waals surface area contributed by atoms with E-state index in [0.717, 1.165) is 13.1 Å². The molecule has 1 saturated carbocycles. The van der Waals surface area contributed by atoms with Gasteiger partial charge in [0.2, 0.25) is 0 Å². The lowest BCUT2D eigenvalue weighted by molar-refractivity contribution is 0.169. The maximum atomic E-state index is 12.4. The molecule has 4 aliphatic rings. The Hall–Kier alpha value is -1.36. The minimum absolute atomic E-state index is 0.124. The third-order valence-electron chi connectivity index (χ3n) is 5.72. The van der Waals surface area contributed by atoms with Gasteiger partial charge in [-0.25, -0.2) is 13.4 Å². The van der Waals surface area contributed by atoms with Crippen molar-refractivity contribution < 1.29 is 8.42 Å². The van der Waals surface area contributed by atoms with E-state index in [1.165, 1.54) is 12.8 Å². The normalized spacial score (nSPS) is 33.2. The molecule has 118 valence electrons. The van der Waals surface area contributed by atoms with E-state index < -0.39 is 9.84 Å². The molecule has 1 aliphatic heterocycles. The monoisotopic (exact) mass is 318 g/mol. The highest BCUT2D eigenvalue weighted by Gasteiger charge is 2.46. The quantitative estimate of drug-likeness (QED) is 0.804. The standard InChI is InChI=1S/C17H22N2O2S/c1-2-22(20,21)16-4-3-9-18-17(16)19-10-14-12-5-6-13(8-7-12)15(14)11-19/h3-6,9,12-15H,2,7-8,10-11H2,1H3/t12-,13+,14+,15-. The fraction of sp³-hybridized carbons (Fsp3) is 0.588. The third kappa shape index (κ3) is 2.09. The largest absolute Gasteiger partial charge is 0.355 e. The first-order valence-electron chi connectivity index (χ1n) is 8.21. The van der Waals surface area contributed by atoms with E-state index in [1.807, 2.05) is 0 Å². The Morgan fingerprint density at radius 3 is 2.36 bits per heavy atom. The zero-order chi connectivity index (χ0) is 15.3. The lowest BCUT2D eigenvalue weighted by Crippen LogP contribution is -2.35. The Kier molecular flexibility index (Phi) is 3.29. The van der Waals surface area contributed by atoms with E-state index in [1.54, 1.807) is 25.3 Å². The molecule has 0 amide bonds. The van der Waals surface area contributed by atoms with Gasteiger partial charge < -0.3 is 4.90 Å². The van der Waals surface area contributed by atoms with Crippen molar-refractivity contribution in [2.75, 3.05) is 23.7 Å². The highest BCUT2D eigenvalue weighted by atomic mass is 32.2. The highest BCUT2D eigenvalue weighted by molar-refractivity contribution is 7.91. The predicted molar refractivity (Wildman–Crippen MR) is 86.5 cm³/mol. The number of fused-ring (bicyclic) bond motifs is 1. The molecule has 0 spiro atoms. The average Bonchev–Trinajstić information content (AvgIpc) is 3.03. The third-order valence-corrected chi connectivity index (χ3v) is 7.47. The molecule has 2 heterocycles. The van der Waals surface area contributed by atoms with E-state index >= 15 is 0 Å². The Morgan fingerprint density at radius 1 is 1.18 bits per heavy atom. The van der Waals surface area contributed by atoms with E-state index in [9.17, 15) is 8.42 Å². The second-order valence-corrected chi connectivity index (χ2v) is 9.00. The summed E-state index contributed by atoms with van der Waals surface area (Å²) in [5.41, 5.74) is 0. The van der Waals surface area contributed by atoms with Crippen molar-refractivity contribution in [3.8, 4) is 0 Å². The Bertz CT molecular complexity index is 691. The van der Waals surface area contributed by atoms with E-state index in [-0.39, 0.29) is 5.75 Å². The molecule has 1 aromatic heterocycles. The van der Waals surface area contributed by atoms with Crippen LogP contribution in [0.5, 0.6) is 0 Å². The lowest BCUT2D eigenvalue weighted by atomic mass is 9.64. The van der Waals surface area contributed by atoms with Gasteiger partial charge in [-0.2, -0.15) is 0 Å². The number of aromatic nitrogens is 1. The second-order valence-electron chi connectivity index (χ2n) is 6.75. The van der Waals surface area contributed by atoms with Gasteiger partial charge in [0, 0.05) is 19.3 Å². The molecule has 1 aromatic rings. The van der Waals surface area contributed by atoms with Crippen LogP contribution in [0.4, 0.5) is 5.82 Å². The summed E-state index contributed by atoms with van der Waals surface area (Å²) in [6.07, 6.45) is 9.07. The van der Waals surface area contributed by atoms with Crippen molar-refractivity contribution in [2.45, 2.75) is 24.7 Å². The fourth-order valence-corrected chi connectivity index (χ4v) is 5.58. The molecule has 0 aromatic carbocycles. The van der Waals surface area contributed by atoms with Crippen LogP contribution in [-0.2, 0) is 9.84 Å². The van der Waals surface area contributed by atoms with Crippen molar-refractivity contribution in [3.05, 3.63) is 30.5 Å².